The number of aliphatic carboxylic acids is 4. The van der Waals surface area contributed by atoms with Crippen LogP contribution in [0.3, 0.4) is 0 Å². The summed E-state index contributed by atoms with van der Waals surface area (Å²) in [6, 6.07) is 0. The standard InChI is InChI=1S/C10H16N2O9.3Na/c13-6(12(4-9(18)19)5-10(20)21)1-11(2-7(14)15)3-8(16)17;;;/h6,13H,1-5H2,(H,14,15)(H,16,17)(H,18,19)(H,20,21);;;/q;3*+1/p-3. The van der Waals surface area contributed by atoms with Crippen LogP contribution in [-0.4, -0.2) is 82.8 Å². The Kier molecular flexibility index (Phi) is 23.2. The molecular formula is C10H13N2Na3O9. The van der Waals surface area contributed by atoms with E-state index in [1.165, 1.54) is 0 Å². The minimum absolute atomic E-state index is 0. The summed E-state index contributed by atoms with van der Waals surface area (Å²) in [5, 5.41) is 49.6. The van der Waals surface area contributed by atoms with Gasteiger partial charge >= 0.3 is 94.6 Å². The molecule has 0 radical (unpaired) electrons. The number of carbonyl (C=O) groups excluding carboxylic acids is 3. The van der Waals surface area contributed by atoms with Gasteiger partial charge in [-0.2, -0.15) is 0 Å². The van der Waals surface area contributed by atoms with Crippen molar-refractivity contribution < 1.29 is 133 Å². The number of aliphatic hydroxyl groups is 1. The van der Waals surface area contributed by atoms with Gasteiger partial charge in [0, 0.05) is 26.2 Å². The maximum Gasteiger partial charge on any atom is 1.00 e. The molecule has 0 saturated carbocycles. The molecule has 0 heterocycles. The van der Waals surface area contributed by atoms with E-state index in [9.17, 15) is 39.6 Å². The molecule has 0 aromatic heterocycles. The first-order valence-corrected chi connectivity index (χ1v) is 5.57. The fourth-order valence-electron chi connectivity index (χ4n) is 1.50. The van der Waals surface area contributed by atoms with Gasteiger partial charge in [0.05, 0.1) is 24.5 Å². The van der Waals surface area contributed by atoms with Gasteiger partial charge in [-0.15, -0.1) is 0 Å². The van der Waals surface area contributed by atoms with Crippen LogP contribution in [0.5, 0.6) is 0 Å². The van der Waals surface area contributed by atoms with E-state index in [0.29, 0.717) is 9.80 Å². The molecule has 0 spiro atoms. The van der Waals surface area contributed by atoms with Crippen LogP contribution >= 0.6 is 0 Å². The average Bonchev–Trinajstić information content (AvgIpc) is 2.24. The van der Waals surface area contributed by atoms with Gasteiger partial charge in [0.1, 0.15) is 6.23 Å². The molecule has 0 aliphatic heterocycles. The summed E-state index contributed by atoms with van der Waals surface area (Å²) in [6.45, 7) is -4.16. The van der Waals surface area contributed by atoms with Gasteiger partial charge in [0.2, 0.25) is 0 Å². The Morgan fingerprint density at radius 3 is 1.46 bits per heavy atom. The second-order valence-corrected chi connectivity index (χ2v) is 4.06. The number of carboxylic acids is 4. The molecule has 0 aromatic rings. The number of aliphatic hydroxyl groups excluding tert-OH is 1. The molecule has 0 saturated heterocycles. The molecule has 0 bridgehead atoms. The monoisotopic (exact) mass is 374 g/mol. The summed E-state index contributed by atoms with van der Waals surface area (Å²) >= 11 is 0. The number of carbonyl (C=O) groups is 4. The molecule has 11 nitrogen and oxygen atoms in total. The number of nitrogens with zero attached hydrogens (tertiary/aromatic N) is 2. The van der Waals surface area contributed by atoms with Crippen LogP contribution in [0.2, 0.25) is 0 Å². The van der Waals surface area contributed by atoms with E-state index >= 15 is 0 Å². The Hall–Kier alpha value is 0.760. The fraction of sp³-hybridized carbons (Fsp3) is 0.600. The van der Waals surface area contributed by atoms with Gasteiger partial charge in [-0.05, 0) is 0 Å². The number of hydrogen-bond acceptors (Lipinski definition) is 10. The van der Waals surface area contributed by atoms with Crippen molar-refractivity contribution in [3.63, 3.8) is 0 Å². The number of rotatable bonds is 11. The van der Waals surface area contributed by atoms with Gasteiger partial charge in [0.25, 0.3) is 0 Å². The first-order chi connectivity index (χ1) is 9.61. The summed E-state index contributed by atoms with van der Waals surface area (Å²) in [5.74, 6) is -6.37. The molecule has 0 aromatic carbocycles. The van der Waals surface area contributed by atoms with E-state index in [0.717, 1.165) is 0 Å². The Labute approximate surface area is 203 Å². The van der Waals surface area contributed by atoms with Gasteiger partial charge in [-0.3, -0.25) is 14.6 Å². The van der Waals surface area contributed by atoms with E-state index in [1.54, 1.807) is 0 Å². The molecule has 0 aliphatic carbocycles. The quantitative estimate of drug-likeness (QED) is 0.258. The second-order valence-electron chi connectivity index (χ2n) is 4.06. The Balaban J connectivity index is -0.000000667. The third-order valence-corrected chi connectivity index (χ3v) is 2.22. The number of carboxylic acid groups (broad SMARTS) is 4. The van der Waals surface area contributed by atoms with Crippen LogP contribution in [0.25, 0.3) is 0 Å². The summed E-state index contributed by atoms with van der Waals surface area (Å²) in [5.41, 5.74) is 0. The van der Waals surface area contributed by atoms with Crippen LogP contribution in [0, 0.1) is 0 Å². The molecule has 1 unspecified atom stereocenters. The van der Waals surface area contributed by atoms with Crippen LogP contribution < -0.4 is 104 Å². The zero-order valence-electron chi connectivity index (χ0n) is 13.8. The van der Waals surface area contributed by atoms with Crippen LogP contribution in [0.15, 0.2) is 0 Å². The predicted octanol–water partition coefficient (Wildman–Crippen LogP) is -15.7. The topological polar surface area (TPSA) is 184 Å². The molecular weight excluding hydrogens is 361 g/mol. The van der Waals surface area contributed by atoms with Crippen molar-refractivity contribution in [1.82, 2.24) is 9.80 Å². The molecule has 0 amide bonds. The van der Waals surface area contributed by atoms with Crippen molar-refractivity contribution >= 4 is 23.9 Å². The third kappa shape index (κ3) is 17.6. The third-order valence-electron chi connectivity index (χ3n) is 2.22. The minimum Gasteiger partial charge on any atom is -0.549 e. The first-order valence-electron chi connectivity index (χ1n) is 5.57. The summed E-state index contributed by atoms with van der Waals surface area (Å²) < 4.78 is 0. The smallest absolute Gasteiger partial charge is 0.549 e. The normalized spacial score (nSPS) is 10.8. The summed E-state index contributed by atoms with van der Waals surface area (Å²) in [6.07, 6.45) is -1.74. The van der Waals surface area contributed by atoms with Gasteiger partial charge in [-0.25, -0.2) is 0 Å². The molecule has 1 atom stereocenters. The zero-order chi connectivity index (χ0) is 16.6. The largest absolute Gasteiger partial charge is 1.00 e. The first kappa shape index (κ1) is 32.4. The van der Waals surface area contributed by atoms with Crippen molar-refractivity contribution in [2.24, 2.45) is 0 Å². The Morgan fingerprint density at radius 1 is 0.792 bits per heavy atom. The maximum atomic E-state index is 10.5. The molecule has 0 rings (SSSR count). The molecule has 120 valence electrons. The van der Waals surface area contributed by atoms with Crippen LogP contribution in [-0.2, 0) is 19.2 Å². The fourth-order valence-corrected chi connectivity index (χ4v) is 1.50. The van der Waals surface area contributed by atoms with Crippen LogP contribution in [0.4, 0.5) is 0 Å². The summed E-state index contributed by atoms with van der Waals surface area (Å²) in [7, 11) is 0. The van der Waals surface area contributed by atoms with Gasteiger partial charge < -0.3 is 39.9 Å². The molecule has 0 fully saturated rings. The zero-order valence-corrected chi connectivity index (χ0v) is 19.8. The van der Waals surface area contributed by atoms with E-state index in [1.807, 2.05) is 0 Å². The van der Waals surface area contributed by atoms with E-state index < -0.39 is 62.8 Å². The van der Waals surface area contributed by atoms with Gasteiger partial charge in [-0.1, -0.05) is 0 Å². The SMILES string of the molecule is O=C([O-])CN(CC(=O)[O-])CC(O)N(CC(=O)[O-])CC(=O)O.[Na+].[Na+].[Na+]. The van der Waals surface area contributed by atoms with Crippen molar-refractivity contribution in [3.05, 3.63) is 0 Å². The molecule has 14 heteroatoms. The number of hydrogen-bond donors (Lipinski definition) is 2. The Morgan fingerprint density at radius 2 is 1.17 bits per heavy atom. The van der Waals surface area contributed by atoms with E-state index in [2.05, 4.69) is 0 Å². The maximum absolute atomic E-state index is 10.5. The average molecular weight is 374 g/mol. The molecule has 0 aliphatic rings. The van der Waals surface area contributed by atoms with Crippen molar-refractivity contribution in [2.45, 2.75) is 6.23 Å². The minimum atomic E-state index is -1.74. The van der Waals surface area contributed by atoms with Crippen LogP contribution in [0.1, 0.15) is 0 Å². The van der Waals surface area contributed by atoms with E-state index in [4.69, 9.17) is 5.11 Å². The summed E-state index contributed by atoms with van der Waals surface area (Å²) in [4.78, 5) is 43.1. The van der Waals surface area contributed by atoms with Crippen molar-refractivity contribution in [2.75, 3.05) is 32.7 Å². The predicted molar refractivity (Wildman–Crippen MR) is 56.7 cm³/mol. The second kappa shape index (κ2) is 17.2. The van der Waals surface area contributed by atoms with Crippen molar-refractivity contribution in [1.29, 1.82) is 0 Å². The Bertz CT molecular complexity index is 392. The van der Waals surface area contributed by atoms with Crippen molar-refractivity contribution in [3.8, 4) is 0 Å². The molecule has 2 N–H and O–H groups in total. The van der Waals surface area contributed by atoms with E-state index in [-0.39, 0.29) is 88.7 Å². The van der Waals surface area contributed by atoms with Gasteiger partial charge in [0.15, 0.2) is 0 Å². The molecule has 24 heavy (non-hydrogen) atoms.